The van der Waals surface area contributed by atoms with Crippen LogP contribution < -0.4 is 10.5 Å². The smallest absolute Gasteiger partial charge is 0.119 e. The summed E-state index contributed by atoms with van der Waals surface area (Å²) < 4.78 is 5.86. The quantitative estimate of drug-likeness (QED) is 0.830. The Kier molecular flexibility index (Phi) is 5.90. The highest BCUT2D eigenvalue weighted by molar-refractivity contribution is 5.29. The summed E-state index contributed by atoms with van der Waals surface area (Å²) in [5.74, 6) is 2.22. The molecule has 2 atom stereocenters. The molecule has 0 saturated heterocycles. The van der Waals surface area contributed by atoms with Crippen LogP contribution in [0.5, 0.6) is 5.75 Å². The lowest BCUT2D eigenvalue weighted by molar-refractivity contribution is 0.214. The van der Waals surface area contributed by atoms with Crippen LogP contribution in [0, 0.1) is 5.92 Å². The van der Waals surface area contributed by atoms with Crippen LogP contribution >= 0.6 is 0 Å². The minimum Gasteiger partial charge on any atom is -0.492 e. The van der Waals surface area contributed by atoms with Crippen molar-refractivity contribution in [2.45, 2.75) is 64.3 Å². The van der Waals surface area contributed by atoms with Gasteiger partial charge in [-0.15, -0.1) is 0 Å². The third-order valence-electron chi connectivity index (χ3n) is 4.76. The molecule has 1 aromatic carbocycles. The van der Waals surface area contributed by atoms with Crippen molar-refractivity contribution in [3.8, 4) is 5.75 Å². The minimum atomic E-state index is 0.185. The molecule has 2 unspecified atom stereocenters. The third kappa shape index (κ3) is 4.24. The largest absolute Gasteiger partial charge is 0.492 e. The van der Waals surface area contributed by atoms with E-state index in [1.165, 1.54) is 44.1 Å². The Morgan fingerprint density at radius 2 is 1.80 bits per heavy atom. The van der Waals surface area contributed by atoms with Crippen molar-refractivity contribution in [1.82, 2.24) is 0 Å². The molecule has 112 valence electrons. The highest BCUT2D eigenvalue weighted by Gasteiger charge is 2.20. The molecule has 1 saturated carbocycles. The predicted molar refractivity (Wildman–Crippen MR) is 85.2 cm³/mol. The van der Waals surface area contributed by atoms with Crippen LogP contribution in [0.3, 0.4) is 0 Å². The second kappa shape index (κ2) is 7.68. The van der Waals surface area contributed by atoms with Gasteiger partial charge in [0.25, 0.3) is 0 Å². The van der Waals surface area contributed by atoms with Gasteiger partial charge in [0.15, 0.2) is 0 Å². The fourth-order valence-corrected chi connectivity index (χ4v) is 3.02. The maximum absolute atomic E-state index is 6.27. The molecular weight excluding hydrogens is 246 g/mol. The van der Waals surface area contributed by atoms with Crippen LogP contribution in [0.4, 0.5) is 0 Å². The fourth-order valence-electron chi connectivity index (χ4n) is 3.02. The summed E-state index contributed by atoms with van der Waals surface area (Å²) in [5, 5.41) is 0. The van der Waals surface area contributed by atoms with Gasteiger partial charge < -0.3 is 10.5 Å². The Bertz CT molecular complexity index is 381. The van der Waals surface area contributed by atoms with E-state index in [2.05, 4.69) is 38.1 Å². The van der Waals surface area contributed by atoms with E-state index in [0.29, 0.717) is 18.4 Å². The molecule has 1 aliphatic carbocycles. The zero-order chi connectivity index (χ0) is 14.4. The first-order valence-corrected chi connectivity index (χ1v) is 8.19. The Labute approximate surface area is 123 Å². The van der Waals surface area contributed by atoms with Crippen LogP contribution in [0.25, 0.3) is 0 Å². The van der Waals surface area contributed by atoms with E-state index < -0.39 is 0 Å². The van der Waals surface area contributed by atoms with Crippen LogP contribution in [0.1, 0.15) is 63.9 Å². The average molecular weight is 275 g/mol. The minimum absolute atomic E-state index is 0.185. The number of hydrogen-bond acceptors (Lipinski definition) is 2. The Hall–Kier alpha value is -1.02. The first-order valence-electron chi connectivity index (χ1n) is 8.19. The normalized spacial score (nSPS) is 19.6. The SMILES string of the molecule is CCC(C)c1ccc(OCC(N)C2CCCCC2)cc1. The molecule has 0 heterocycles. The summed E-state index contributed by atoms with van der Waals surface area (Å²) >= 11 is 0. The van der Waals surface area contributed by atoms with E-state index >= 15 is 0 Å². The molecule has 0 aromatic heterocycles. The molecule has 2 N–H and O–H groups in total. The maximum atomic E-state index is 6.27. The van der Waals surface area contributed by atoms with Crippen molar-refractivity contribution < 1.29 is 4.74 Å². The molecule has 0 amide bonds. The van der Waals surface area contributed by atoms with Crippen LogP contribution in [0.2, 0.25) is 0 Å². The summed E-state index contributed by atoms with van der Waals surface area (Å²) in [5.41, 5.74) is 7.66. The van der Waals surface area contributed by atoms with Crippen molar-refractivity contribution in [3.63, 3.8) is 0 Å². The molecule has 1 fully saturated rings. The van der Waals surface area contributed by atoms with Gasteiger partial charge in [-0.3, -0.25) is 0 Å². The molecule has 0 spiro atoms. The lowest BCUT2D eigenvalue weighted by Crippen LogP contribution is -2.37. The monoisotopic (exact) mass is 275 g/mol. The fraction of sp³-hybridized carbons (Fsp3) is 0.667. The average Bonchev–Trinajstić information content (AvgIpc) is 2.53. The predicted octanol–water partition coefficient (Wildman–Crippen LogP) is 4.49. The summed E-state index contributed by atoms with van der Waals surface area (Å²) in [6.07, 6.45) is 7.77. The highest BCUT2D eigenvalue weighted by atomic mass is 16.5. The molecule has 0 aliphatic heterocycles. The lowest BCUT2D eigenvalue weighted by Gasteiger charge is -2.27. The van der Waals surface area contributed by atoms with Gasteiger partial charge in [-0.25, -0.2) is 0 Å². The van der Waals surface area contributed by atoms with E-state index in [9.17, 15) is 0 Å². The molecule has 1 aromatic rings. The van der Waals surface area contributed by atoms with Gasteiger partial charge in [-0.1, -0.05) is 45.2 Å². The molecule has 1 aliphatic rings. The summed E-state index contributed by atoms with van der Waals surface area (Å²) in [6.45, 7) is 5.13. The van der Waals surface area contributed by atoms with Gasteiger partial charge in [0, 0.05) is 6.04 Å². The first kappa shape index (κ1) is 15.4. The van der Waals surface area contributed by atoms with E-state index in [0.717, 1.165) is 5.75 Å². The van der Waals surface area contributed by atoms with E-state index in [4.69, 9.17) is 10.5 Å². The molecular formula is C18H29NO. The second-order valence-electron chi connectivity index (χ2n) is 6.25. The zero-order valence-electron chi connectivity index (χ0n) is 13.0. The summed E-state index contributed by atoms with van der Waals surface area (Å²) in [4.78, 5) is 0. The second-order valence-corrected chi connectivity index (χ2v) is 6.25. The molecule has 2 rings (SSSR count). The lowest BCUT2D eigenvalue weighted by atomic mass is 9.84. The van der Waals surface area contributed by atoms with Crippen molar-refractivity contribution in [2.24, 2.45) is 11.7 Å². The number of benzene rings is 1. The summed E-state index contributed by atoms with van der Waals surface area (Å²) in [6, 6.07) is 8.69. The van der Waals surface area contributed by atoms with Gasteiger partial charge in [-0.05, 0) is 48.8 Å². The Morgan fingerprint density at radius 3 is 2.40 bits per heavy atom. The van der Waals surface area contributed by atoms with Gasteiger partial charge in [0.05, 0.1) is 0 Å². The van der Waals surface area contributed by atoms with E-state index in [1.54, 1.807) is 0 Å². The first-order chi connectivity index (χ1) is 9.70. The van der Waals surface area contributed by atoms with Crippen molar-refractivity contribution in [3.05, 3.63) is 29.8 Å². The van der Waals surface area contributed by atoms with Gasteiger partial charge in [0.1, 0.15) is 12.4 Å². The van der Waals surface area contributed by atoms with Crippen LogP contribution in [-0.4, -0.2) is 12.6 Å². The highest BCUT2D eigenvalue weighted by Crippen LogP contribution is 2.26. The van der Waals surface area contributed by atoms with Gasteiger partial charge in [0.2, 0.25) is 0 Å². The van der Waals surface area contributed by atoms with E-state index in [1.807, 2.05) is 0 Å². The summed E-state index contributed by atoms with van der Waals surface area (Å²) in [7, 11) is 0. The van der Waals surface area contributed by atoms with E-state index in [-0.39, 0.29) is 6.04 Å². The molecule has 0 radical (unpaired) electrons. The van der Waals surface area contributed by atoms with Crippen molar-refractivity contribution >= 4 is 0 Å². The zero-order valence-corrected chi connectivity index (χ0v) is 13.0. The number of hydrogen-bond donors (Lipinski definition) is 1. The molecule has 20 heavy (non-hydrogen) atoms. The van der Waals surface area contributed by atoms with Gasteiger partial charge >= 0.3 is 0 Å². The number of ether oxygens (including phenoxy) is 1. The molecule has 2 nitrogen and oxygen atoms in total. The Morgan fingerprint density at radius 1 is 1.15 bits per heavy atom. The Balaban J connectivity index is 1.81. The number of rotatable bonds is 6. The van der Waals surface area contributed by atoms with Crippen LogP contribution in [-0.2, 0) is 0 Å². The van der Waals surface area contributed by atoms with Crippen LogP contribution in [0.15, 0.2) is 24.3 Å². The topological polar surface area (TPSA) is 35.2 Å². The molecule has 0 bridgehead atoms. The van der Waals surface area contributed by atoms with Crippen molar-refractivity contribution in [1.29, 1.82) is 0 Å². The standard InChI is InChI=1S/C18H29NO/c1-3-14(2)15-9-11-17(12-10-15)20-13-18(19)16-7-5-4-6-8-16/h9-12,14,16,18H,3-8,13,19H2,1-2H3. The van der Waals surface area contributed by atoms with Gasteiger partial charge in [-0.2, -0.15) is 0 Å². The number of nitrogens with two attached hydrogens (primary N) is 1. The van der Waals surface area contributed by atoms with Crippen molar-refractivity contribution in [2.75, 3.05) is 6.61 Å². The molecule has 2 heteroatoms. The third-order valence-corrected chi connectivity index (χ3v) is 4.76. The maximum Gasteiger partial charge on any atom is 0.119 e.